The molecule has 2 aromatic carbocycles. The average Bonchev–Trinajstić information content (AvgIpc) is 2.42. The second kappa shape index (κ2) is 6.79. The van der Waals surface area contributed by atoms with Crippen molar-refractivity contribution >= 4 is 6.08 Å². The molecule has 0 unspecified atom stereocenters. The van der Waals surface area contributed by atoms with E-state index < -0.39 is 12.1 Å². The molecule has 2 aromatic rings. The van der Waals surface area contributed by atoms with Crippen LogP contribution in [0.1, 0.15) is 16.7 Å². The van der Waals surface area contributed by atoms with Crippen molar-refractivity contribution in [2.75, 3.05) is 0 Å². The van der Waals surface area contributed by atoms with Gasteiger partial charge in [-0.3, -0.25) is 0 Å². The van der Waals surface area contributed by atoms with Crippen LogP contribution in [0.5, 0.6) is 5.75 Å². The molecule has 0 heterocycles. The van der Waals surface area contributed by atoms with Crippen molar-refractivity contribution < 1.29 is 17.9 Å². The Balaban J connectivity index is 2.04. The molecule has 0 N–H and O–H groups in total. The second-order valence-corrected chi connectivity index (χ2v) is 4.45. The monoisotopic (exact) mass is 290 g/mol. The number of ether oxygens (including phenoxy) is 1. The van der Waals surface area contributed by atoms with Crippen molar-refractivity contribution in [3.63, 3.8) is 0 Å². The molecule has 0 atom stereocenters. The molecule has 4 heteroatoms. The maximum absolute atomic E-state index is 12.5. The van der Waals surface area contributed by atoms with Crippen LogP contribution in [0.2, 0.25) is 0 Å². The van der Waals surface area contributed by atoms with Gasteiger partial charge in [-0.25, -0.2) is 0 Å². The van der Waals surface area contributed by atoms with E-state index in [0.717, 1.165) is 17.2 Å². The highest BCUT2D eigenvalue weighted by molar-refractivity contribution is 5.50. The molecule has 2 rings (SSSR count). The van der Waals surface area contributed by atoms with E-state index in [0.29, 0.717) is 17.7 Å². The summed E-state index contributed by atoms with van der Waals surface area (Å²) in [4.78, 5) is 0. The number of hydrogen-bond donors (Lipinski definition) is 0. The van der Waals surface area contributed by atoms with Crippen LogP contribution in [-0.2, 0) is 6.42 Å². The molecule has 0 spiro atoms. The van der Waals surface area contributed by atoms with Gasteiger partial charge in [-0.2, -0.15) is 13.2 Å². The fourth-order valence-electron chi connectivity index (χ4n) is 1.90. The fraction of sp³-hybridized carbons (Fsp3) is 0.0588. The molecule has 0 saturated heterocycles. The van der Waals surface area contributed by atoms with Crippen LogP contribution in [0, 0.1) is 0 Å². The van der Waals surface area contributed by atoms with Crippen LogP contribution in [0.4, 0.5) is 13.2 Å². The molecule has 0 saturated carbocycles. The standard InChI is InChI=1S/C17H13F3O/c1-12(18)21-16-8-6-14(7-9-16)10-13-2-4-15(5-3-13)11-17(19)20/h2-9,11H,1,10H2. The lowest BCUT2D eigenvalue weighted by molar-refractivity contribution is 0.305. The average molecular weight is 290 g/mol. The minimum Gasteiger partial charge on any atom is -0.432 e. The van der Waals surface area contributed by atoms with Gasteiger partial charge in [-0.1, -0.05) is 36.4 Å². The molecule has 0 amide bonds. The predicted molar refractivity (Wildman–Crippen MR) is 76.8 cm³/mol. The third-order valence-electron chi connectivity index (χ3n) is 2.82. The van der Waals surface area contributed by atoms with Gasteiger partial charge >= 0.3 is 0 Å². The van der Waals surface area contributed by atoms with Crippen molar-refractivity contribution in [2.24, 2.45) is 0 Å². The van der Waals surface area contributed by atoms with Gasteiger partial charge in [0.1, 0.15) is 5.75 Å². The Morgan fingerprint density at radius 2 is 1.43 bits per heavy atom. The predicted octanol–water partition coefficient (Wildman–Crippen LogP) is 5.33. The lowest BCUT2D eigenvalue weighted by Gasteiger charge is -2.05. The van der Waals surface area contributed by atoms with Crippen molar-refractivity contribution in [2.45, 2.75) is 6.42 Å². The molecule has 0 bridgehead atoms. The summed E-state index contributed by atoms with van der Waals surface area (Å²) in [5.41, 5.74) is 2.46. The molecule has 1 nitrogen and oxygen atoms in total. The Morgan fingerprint density at radius 3 is 1.90 bits per heavy atom. The molecular formula is C17H13F3O. The highest BCUT2D eigenvalue weighted by Gasteiger charge is 2.00. The minimum atomic E-state index is -1.72. The Bertz CT molecular complexity index is 639. The third-order valence-corrected chi connectivity index (χ3v) is 2.82. The number of halogens is 3. The summed E-state index contributed by atoms with van der Waals surface area (Å²) in [5.74, 6) is 0.380. The molecule has 0 radical (unpaired) electrons. The highest BCUT2D eigenvalue weighted by Crippen LogP contribution is 2.18. The second-order valence-electron chi connectivity index (χ2n) is 4.45. The Morgan fingerprint density at radius 1 is 0.905 bits per heavy atom. The molecule has 0 fully saturated rings. The summed E-state index contributed by atoms with van der Waals surface area (Å²) < 4.78 is 41.4. The number of hydrogen-bond acceptors (Lipinski definition) is 1. The topological polar surface area (TPSA) is 9.23 Å². The zero-order valence-corrected chi connectivity index (χ0v) is 11.2. The summed E-state index contributed by atoms with van der Waals surface area (Å²) in [6.07, 6.45) is -0.244. The normalized spacial score (nSPS) is 10.0. The molecular weight excluding hydrogens is 277 g/mol. The summed E-state index contributed by atoms with van der Waals surface area (Å²) in [7, 11) is 0. The van der Waals surface area contributed by atoms with Gasteiger partial charge in [-0.15, -0.1) is 0 Å². The van der Waals surface area contributed by atoms with Crippen molar-refractivity contribution in [3.8, 4) is 5.75 Å². The van der Waals surface area contributed by atoms with Crippen LogP contribution in [-0.4, -0.2) is 0 Å². The van der Waals surface area contributed by atoms with Crippen molar-refractivity contribution in [3.05, 3.63) is 83.9 Å². The zero-order chi connectivity index (χ0) is 15.2. The fourth-order valence-corrected chi connectivity index (χ4v) is 1.90. The van der Waals surface area contributed by atoms with Gasteiger partial charge in [0.2, 0.25) is 0 Å². The van der Waals surface area contributed by atoms with E-state index in [1.54, 1.807) is 36.4 Å². The van der Waals surface area contributed by atoms with Gasteiger partial charge in [0.05, 0.1) is 0 Å². The third kappa shape index (κ3) is 4.84. The first-order valence-corrected chi connectivity index (χ1v) is 6.26. The van der Waals surface area contributed by atoms with Crippen LogP contribution in [0.15, 0.2) is 67.2 Å². The first-order valence-electron chi connectivity index (χ1n) is 6.26. The Hall–Kier alpha value is -2.49. The molecule has 0 aliphatic rings. The van der Waals surface area contributed by atoms with Gasteiger partial charge in [0.25, 0.3) is 12.1 Å². The minimum absolute atomic E-state index is 0.380. The summed E-state index contributed by atoms with van der Waals surface area (Å²) in [5, 5.41) is 0. The van der Waals surface area contributed by atoms with Crippen molar-refractivity contribution in [1.29, 1.82) is 0 Å². The van der Waals surface area contributed by atoms with Crippen LogP contribution < -0.4 is 4.74 Å². The number of rotatable bonds is 5. The summed E-state index contributed by atoms with van der Waals surface area (Å²) >= 11 is 0. The first-order chi connectivity index (χ1) is 10.0. The molecule has 108 valence electrons. The van der Waals surface area contributed by atoms with Crippen LogP contribution >= 0.6 is 0 Å². The van der Waals surface area contributed by atoms with Crippen LogP contribution in [0.3, 0.4) is 0 Å². The molecule has 0 aromatic heterocycles. The zero-order valence-electron chi connectivity index (χ0n) is 11.2. The van der Waals surface area contributed by atoms with E-state index in [2.05, 4.69) is 6.58 Å². The van der Waals surface area contributed by atoms with E-state index in [1.807, 2.05) is 12.1 Å². The molecule has 0 aliphatic heterocycles. The molecule has 21 heavy (non-hydrogen) atoms. The van der Waals surface area contributed by atoms with Gasteiger partial charge in [-0.05, 0) is 41.8 Å². The first kappa shape index (κ1) is 14.9. The summed E-state index contributed by atoms with van der Waals surface area (Å²) in [6, 6.07) is 12.9. The van der Waals surface area contributed by atoms with Crippen LogP contribution in [0.25, 0.3) is 6.08 Å². The maximum Gasteiger partial charge on any atom is 0.270 e. The summed E-state index contributed by atoms with van der Waals surface area (Å²) in [6.45, 7) is 3.02. The quantitative estimate of drug-likeness (QED) is 0.676. The smallest absolute Gasteiger partial charge is 0.270 e. The van der Waals surface area contributed by atoms with E-state index in [1.165, 1.54) is 0 Å². The van der Waals surface area contributed by atoms with E-state index in [9.17, 15) is 13.2 Å². The molecule has 0 aliphatic carbocycles. The largest absolute Gasteiger partial charge is 0.432 e. The lowest BCUT2D eigenvalue weighted by Crippen LogP contribution is -1.90. The SMILES string of the molecule is C=C(F)Oc1ccc(Cc2ccc(C=C(F)F)cc2)cc1. The number of benzene rings is 2. The van der Waals surface area contributed by atoms with E-state index in [4.69, 9.17) is 4.74 Å². The van der Waals surface area contributed by atoms with Crippen molar-refractivity contribution in [1.82, 2.24) is 0 Å². The van der Waals surface area contributed by atoms with Gasteiger partial charge < -0.3 is 4.74 Å². The van der Waals surface area contributed by atoms with Gasteiger partial charge in [0, 0.05) is 6.08 Å². The lowest BCUT2D eigenvalue weighted by atomic mass is 10.0. The van der Waals surface area contributed by atoms with Gasteiger partial charge in [0.15, 0.2) is 0 Å². The van der Waals surface area contributed by atoms with E-state index >= 15 is 0 Å². The van der Waals surface area contributed by atoms with E-state index in [-0.39, 0.29) is 0 Å². The Kier molecular flexibility index (Phi) is 4.82. The highest BCUT2D eigenvalue weighted by atomic mass is 19.3. The Labute approximate surface area is 121 Å². The maximum atomic E-state index is 12.5.